The predicted octanol–water partition coefficient (Wildman–Crippen LogP) is 3.45. The van der Waals surface area contributed by atoms with Gasteiger partial charge in [0.15, 0.2) is 11.5 Å². The minimum atomic E-state index is 0.557. The number of benzene rings is 1. The Bertz CT molecular complexity index is 897. The van der Waals surface area contributed by atoms with Gasteiger partial charge in [0.25, 0.3) is 0 Å². The maximum absolute atomic E-state index is 5.99. The number of nitrogens with one attached hydrogen (secondary N) is 2. The standard InChI is InChI=1S/C21H27N5O2/c1-14-11-19(22-2)25-21(23-14)24-16-12-17(15-5-4-7-26(3)8-6-15)20-18(13-16)27-9-10-28-20/h6,11-13H,4-5,7-10H2,1-3H3,(H2,22,23,24,25). The maximum atomic E-state index is 5.99. The molecule has 0 saturated carbocycles. The first-order valence-corrected chi connectivity index (χ1v) is 9.74. The van der Waals surface area contributed by atoms with Gasteiger partial charge in [-0.25, -0.2) is 4.98 Å². The van der Waals surface area contributed by atoms with E-state index in [-0.39, 0.29) is 0 Å². The summed E-state index contributed by atoms with van der Waals surface area (Å²) in [6, 6.07) is 5.99. The van der Waals surface area contributed by atoms with Gasteiger partial charge in [0.05, 0.1) is 0 Å². The van der Waals surface area contributed by atoms with Gasteiger partial charge in [-0.1, -0.05) is 6.08 Å². The molecule has 0 atom stereocenters. The first-order valence-electron chi connectivity index (χ1n) is 9.74. The van der Waals surface area contributed by atoms with Gasteiger partial charge in [-0.15, -0.1) is 0 Å². The van der Waals surface area contributed by atoms with Crippen molar-refractivity contribution in [3.63, 3.8) is 0 Å². The van der Waals surface area contributed by atoms with Crippen LogP contribution < -0.4 is 20.1 Å². The van der Waals surface area contributed by atoms with Gasteiger partial charge in [0.2, 0.25) is 5.95 Å². The van der Waals surface area contributed by atoms with Crippen molar-refractivity contribution < 1.29 is 9.47 Å². The van der Waals surface area contributed by atoms with Crippen LogP contribution in [0.1, 0.15) is 24.1 Å². The highest BCUT2D eigenvalue weighted by Gasteiger charge is 2.21. The van der Waals surface area contributed by atoms with Crippen molar-refractivity contribution in [1.29, 1.82) is 0 Å². The highest BCUT2D eigenvalue weighted by Crippen LogP contribution is 2.42. The Kier molecular flexibility index (Phi) is 5.34. The van der Waals surface area contributed by atoms with Crippen LogP contribution in [0.4, 0.5) is 17.5 Å². The van der Waals surface area contributed by atoms with Gasteiger partial charge in [0.1, 0.15) is 19.0 Å². The molecule has 0 aliphatic carbocycles. The molecule has 2 aliphatic rings. The van der Waals surface area contributed by atoms with Crippen LogP contribution >= 0.6 is 0 Å². The molecule has 2 aromatic rings. The maximum Gasteiger partial charge on any atom is 0.229 e. The quantitative estimate of drug-likeness (QED) is 0.840. The Labute approximate surface area is 165 Å². The predicted molar refractivity (Wildman–Crippen MR) is 112 cm³/mol. The monoisotopic (exact) mass is 381 g/mol. The number of likely N-dealkylation sites (N-methyl/N-ethyl adjacent to an activating group) is 1. The smallest absolute Gasteiger partial charge is 0.229 e. The summed E-state index contributed by atoms with van der Waals surface area (Å²) in [6.07, 6.45) is 4.45. The first kappa shape index (κ1) is 18.6. The number of ether oxygens (including phenoxy) is 2. The lowest BCUT2D eigenvalue weighted by molar-refractivity contribution is 0.171. The summed E-state index contributed by atoms with van der Waals surface area (Å²) in [7, 11) is 4.00. The summed E-state index contributed by atoms with van der Waals surface area (Å²) in [4.78, 5) is 11.3. The molecule has 0 spiro atoms. The van der Waals surface area contributed by atoms with Gasteiger partial charge in [-0.2, -0.15) is 4.98 Å². The molecule has 0 bridgehead atoms. The number of aromatic nitrogens is 2. The molecular weight excluding hydrogens is 354 g/mol. The van der Waals surface area contributed by atoms with Crippen molar-refractivity contribution in [2.24, 2.45) is 0 Å². The summed E-state index contributed by atoms with van der Waals surface area (Å²) in [6.45, 7) is 5.13. The van der Waals surface area contributed by atoms with Crippen molar-refractivity contribution in [2.45, 2.75) is 19.8 Å². The number of nitrogens with zero attached hydrogens (tertiary/aromatic N) is 3. The third-order valence-corrected chi connectivity index (χ3v) is 4.99. The fourth-order valence-electron chi connectivity index (χ4n) is 3.59. The van der Waals surface area contributed by atoms with Crippen molar-refractivity contribution in [3.8, 4) is 11.5 Å². The van der Waals surface area contributed by atoms with Crippen molar-refractivity contribution in [1.82, 2.24) is 14.9 Å². The zero-order chi connectivity index (χ0) is 19.5. The zero-order valence-electron chi connectivity index (χ0n) is 16.7. The third kappa shape index (κ3) is 4.04. The molecule has 1 aromatic heterocycles. The van der Waals surface area contributed by atoms with Crippen molar-refractivity contribution in [3.05, 3.63) is 35.5 Å². The van der Waals surface area contributed by atoms with E-state index in [4.69, 9.17) is 9.47 Å². The Hall–Kier alpha value is -2.80. The minimum Gasteiger partial charge on any atom is -0.486 e. The van der Waals surface area contributed by atoms with Crippen molar-refractivity contribution in [2.75, 3.05) is 51.0 Å². The fraction of sp³-hybridized carbons (Fsp3) is 0.429. The summed E-state index contributed by atoms with van der Waals surface area (Å²) in [5.41, 5.74) is 4.19. The molecule has 2 N–H and O–H groups in total. The van der Waals surface area contributed by atoms with Gasteiger partial charge in [-0.05, 0) is 45.0 Å². The van der Waals surface area contributed by atoms with E-state index < -0.39 is 0 Å². The number of fused-ring (bicyclic) bond motifs is 1. The Balaban J connectivity index is 1.72. The van der Waals surface area contributed by atoms with Crippen LogP contribution in [-0.2, 0) is 0 Å². The van der Waals surface area contributed by atoms with Gasteiger partial charge >= 0.3 is 0 Å². The molecule has 0 unspecified atom stereocenters. The molecular formula is C21H27N5O2. The molecule has 7 heteroatoms. The fourth-order valence-corrected chi connectivity index (χ4v) is 3.59. The second-order valence-electron chi connectivity index (χ2n) is 7.24. The van der Waals surface area contributed by atoms with Crippen LogP contribution in [0.3, 0.4) is 0 Å². The molecule has 148 valence electrons. The van der Waals surface area contributed by atoms with Gasteiger partial charge in [-0.3, -0.25) is 0 Å². The Morgan fingerprint density at radius 2 is 1.96 bits per heavy atom. The average molecular weight is 381 g/mol. The topological polar surface area (TPSA) is 71.5 Å². The largest absolute Gasteiger partial charge is 0.486 e. The van der Waals surface area contributed by atoms with Crippen LogP contribution in [0.25, 0.3) is 5.57 Å². The van der Waals surface area contributed by atoms with E-state index in [0.717, 1.165) is 60.2 Å². The van der Waals surface area contributed by atoms with Crippen LogP contribution in [0, 0.1) is 6.92 Å². The number of aryl methyl sites for hydroxylation is 1. The van der Waals surface area contributed by atoms with E-state index in [9.17, 15) is 0 Å². The molecule has 0 radical (unpaired) electrons. The second kappa shape index (κ2) is 8.06. The number of rotatable bonds is 4. The van der Waals surface area contributed by atoms with Crippen LogP contribution in [-0.4, -0.2) is 55.3 Å². The summed E-state index contributed by atoms with van der Waals surface area (Å²) < 4.78 is 11.9. The van der Waals surface area contributed by atoms with E-state index in [1.807, 2.05) is 26.1 Å². The highest BCUT2D eigenvalue weighted by atomic mass is 16.6. The lowest BCUT2D eigenvalue weighted by Crippen LogP contribution is -2.17. The number of anilines is 3. The number of hydrogen-bond acceptors (Lipinski definition) is 7. The molecule has 2 aliphatic heterocycles. The van der Waals surface area contributed by atoms with E-state index in [2.05, 4.69) is 44.7 Å². The molecule has 0 saturated heterocycles. The normalized spacial score (nSPS) is 16.9. The van der Waals surface area contributed by atoms with Crippen LogP contribution in [0.5, 0.6) is 11.5 Å². The second-order valence-corrected chi connectivity index (χ2v) is 7.24. The van der Waals surface area contributed by atoms with Crippen LogP contribution in [0.15, 0.2) is 24.3 Å². The molecule has 3 heterocycles. The van der Waals surface area contributed by atoms with Crippen molar-refractivity contribution >= 4 is 23.0 Å². The molecule has 0 fully saturated rings. The molecule has 7 nitrogen and oxygen atoms in total. The van der Waals surface area contributed by atoms with E-state index >= 15 is 0 Å². The zero-order valence-corrected chi connectivity index (χ0v) is 16.7. The number of allylic oxidation sites excluding steroid dienone is 1. The number of hydrogen-bond donors (Lipinski definition) is 2. The molecule has 4 rings (SSSR count). The Morgan fingerprint density at radius 1 is 1.11 bits per heavy atom. The molecule has 28 heavy (non-hydrogen) atoms. The highest BCUT2D eigenvalue weighted by molar-refractivity contribution is 5.78. The van der Waals surface area contributed by atoms with E-state index in [1.54, 1.807) is 0 Å². The van der Waals surface area contributed by atoms with Gasteiger partial charge < -0.3 is 25.0 Å². The molecule has 0 amide bonds. The first-order chi connectivity index (χ1) is 13.6. The minimum absolute atomic E-state index is 0.557. The summed E-state index contributed by atoms with van der Waals surface area (Å²) >= 11 is 0. The van der Waals surface area contributed by atoms with Crippen LogP contribution in [0.2, 0.25) is 0 Å². The summed E-state index contributed by atoms with van der Waals surface area (Å²) in [5.74, 6) is 2.95. The lowest BCUT2D eigenvalue weighted by Gasteiger charge is -2.23. The van der Waals surface area contributed by atoms with Gasteiger partial charge in [0, 0.05) is 42.7 Å². The summed E-state index contributed by atoms with van der Waals surface area (Å²) in [5, 5.41) is 6.41. The van der Waals surface area contributed by atoms with E-state index in [1.165, 1.54) is 5.57 Å². The lowest BCUT2D eigenvalue weighted by atomic mass is 9.98. The average Bonchev–Trinajstić information content (AvgIpc) is 2.91. The molecule has 1 aromatic carbocycles. The van der Waals surface area contributed by atoms with E-state index in [0.29, 0.717) is 19.2 Å². The third-order valence-electron chi connectivity index (χ3n) is 4.99. The SMILES string of the molecule is CNc1cc(C)nc(Nc2cc3c(c(C4=CCN(C)CCC4)c2)OCCO3)n1. The Morgan fingerprint density at radius 3 is 2.82 bits per heavy atom.